The van der Waals surface area contributed by atoms with E-state index in [1.165, 1.54) is 0 Å². The Morgan fingerprint density at radius 2 is 1.50 bits per heavy atom. The minimum Gasteiger partial charge on any atom is -0.303 e. The number of allylic oxidation sites excluding steroid dienone is 2. The van der Waals surface area contributed by atoms with E-state index in [2.05, 4.69) is 0 Å². The predicted octanol–water partition coefficient (Wildman–Crippen LogP) is 3.14. The molecule has 1 rings (SSSR count). The number of amides is 1. The van der Waals surface area contributed by atoms with E-state index in [4.69, 9.17) is 0 Å². The molecule has 0 aliphatic heterocycles. The number of hydrogen-bond donors (Lipinski definition) is 2. The summed E-state index contributed by atoms with van der Waals surface area (Å²) in [6.45, 7) is 0.829. The average Bonchev–Trinajstić information content (AvgIpc) is 2.58. The van der Waals surface area contributed by atoms with Crippen molar-refractivity contribution in [3.8, 4) is 0 Å². The van der Waals surface area contributed by atoms with E-state index in [0.717, 1.165) is 31.2 Å². The summed E-state index contributed by atoms with van der Waals surface area (Å²) in [6, 6.07) is 4.00. The van der Waals surface area contributed by atoms with Crippen molar-refractivity contribution in [3.05, 3.63) is 51.7 Å². The average molecular weight is 417 g/mol. The van der Waals surface area contributed by atoms with Gasteiger partial charge in [-0.3, -0.25) is 25.1 Å². The lowest BCUT2D eigenvalue weighted by molar-refractivity contribution is -0.384. The van der Waals surface area contributed by atoms with E-state index in [9.17, 15) is 50.4 Å². The zero-order valence-electron chi connectivity index (χ0n) is 13.6. The zero-order valence-corrected chi connectivity index (χ0v) is 13.6. The standard InChI is InChI=1S/C14H10F7N3O4/c1-7(6-10(25)12(15,16)13(17,18)14(19,20)21)22-23-11(26)8-2-4-9(5-3-8)24(27)28/h2-6,22H,1H3,(H,23,26)/b7-6-. The number of nitro groups is 1. The lowest BCUT2D eigenvalue weighted by Crippen LogP contribution is -2.55. The third-order valence-corrected chi connectivity index (χ3v) is 3.12. The van der Waals surface area contributed by atoms with Gasteiger partial charge in [-0.2, -0.15) is 30.7 Å². The van der Waals surface area contributed by atoms with Gasteiger partial charge < -0.3 is 5.43 Å². The molecular weight excluding hydrogens is 407 g/mol. The second kappa shape index (κ2) is 7.82. The number of hydrazine groups is 1. The molecule has 0 radical (unpaired) electrons. The SMILES string of the molecule is C/C(=C/C(=O)C(F)(F)C(F)(F)C(F)(F)F)NNC(=O)c1ccc([N+](=O)[O-])cc1. The van der Waals surface area contributed by atoms with Crippen LogP contribution in [0, 0.1) is 10.1 Å². The van der Waals surface area contributed by atoms with Gasteiger partial charge in [0.25, 0.3) is 11.6 Å². The number of carbonyl (C=O) groups is 2. The number of ketones is 1. The van der Waals surface area contributed by atoms with Crippen molar-refractivity contribution in [2.45, 2.75) is 24.9 Å². The Balaban J connectivity index is 2.82. The maximum Gasteiger partial charge on any atom is 0.460 e. The van der Waals surface area contributed by atoms with E-state index >= 15 is 0 Å². The molecule has 0 spiro atoms. The van der Waals surface area contributed by atoms with Gasteiger partial charge in [-0.1, -0.05) is 0 Å². The van der Waals surface area contributed by atoms with Crippen molar-refractivity contribution in [1.82, 2.24) is 10.9 Å². The van der Waals surface area contributed by atoms with Crippen molar-refractivity contribution in [1.29, 1.82) is 0 Å². The molecule has 0 heterocycles. The monoisotopic (exact) mass is 417 g/mol. The molecule has 0 aliphatic rings. The van der Waals surface area contributed by atoms with Crippen LogP contribution >= 0.6 is 0 Å². The maximum absolute atomic E-state index is 13.2. The Bertz CT molecular complexity index is 804. The van der Waals surface area contributed by atoms with Crippen LogP contribution in [0.25, 0.3) is 0 Å². The van der Waals surface area contributed by atoms with Crippen LogP contribution in [0.4, 0.5) is 36.4 Å². The van der Waals surface area contributed by atoms with Crippen LogP contribution in [0.1, 0.15) is 17.3 Å². The number of nitro benzene ring substituents is 1. The summed E-state index contributed by atoms with van der Waals surface area (Å²) < 4.78 is 88.0. The molecule has 0 aliphatic carbocycles. The van der Waals surface area contributed by atoms with Gasteiger partial charge in [0.05, 0.1) is 4.92 Å². The highest BCUT2D eigenvalue weighted by molar-refractivity contribution is 5.97. The Kier molecular flexibility index (Phi) is 6.38. The van der Waals surface area contributed by atoms with Crippen LogP contribution in [-0.2, 0) is 4.79 Å². The molecule has 7 nitrogen and oxygen atoms in total. The number of hydrogen-bond acceptors (Lipinski definition) is 5. The minimum absolute atomic E-state index is 0.147. The molecule has 0 saturated carbocycles. The van der Waals surface area contributed by atoms with Crippen molar-refractivity contribution in [3.63, 3.8) is 0 Å². The first kappa shape index (κ1) is 22.9. The van der Waals surface area contributed by atoms with Gasteiger partial charge >= 0.3 is 18.0 Å². The molecule has 0 atom stereocenters. The third-order valence-electron chi connectivity index (χ3n) is 3.12. The molecule has 28 heavy (non-hydrogen) atoms. The topological polar surface area (TPSA) is 101 Å². The number of nitrogens with one attached hydrogen (secondary N) is 2. The Morgan fingerprint density at radius 3 is 1.93 bits per heavy atom. The molecule has 1 amide bonds. The molecule has 0 fully saturated rings. The normalized spacial score (nSPS) is 13.1. The van der Waals surface area contributed by atoms with Gasteiger partial charge in [-0.25, -0.2) is 0 Å². The molecule has 0 unspecified atom stereocenters. The smallest absolute Gasteiger partial charge is 0.303 e. The van der Waals surface area contributed by atoms with Crippen LogP contribution in [0.15, 0.2) is 36.0 Å². The van der Waals surface area contributed by atoms with Crippen molar-refractivity contribution in [2.75, 3.05) is 0 Å². The van der Waals surface area contributed by atoms with Gasteiger partial charge in [-0.15, -0.1) is 0 Å². The number of rotatable bonds is 7. The van der Waals surface area contributed by atoms with Crippen LogP contribution in [0.3, 0.4) is 0 Å². The Labute approximate surface area is 151 Å². The third kappa shape index (κ3) is 4.75. The van der Waals surface area contributed by atoms with Crippen molar-refractivity contribution >= 4 is 17.4 Å². The van der Waals surface area contributed by atoms with Gasteiger partial charge in [0.1, 0.15) is 0 Å². The van der Waals surface area contributed by atoms with E-state index in [1.54, 1.807) is 0 Å². The fraction of sp³-hybridized carbons (Fsp3) is 0.286. The quantitative estimate of drug-likeness (QED) is 0.307. The summed E-state index contributed by atoms with van der Waals surface area (Å²) >= 11 is 0. The second-order valence-electron chi connectivity index (χ2n) is 5.22. The zero-order chi connectivity index (χ0) is 21.9. The molecule has 0 bridgehead atoms. The van der Waals surface area contributed by atoms with Gasteiger partial charge in [-0.05, 0) is 19.1 Å². The van der Waals surface area contributed by atoms with Crippen molar-refractivity contribution < 1.29 is 45.2 Å². The summed E-state index contributed by atoms with van der Waals surface area (Å²) in [5.74, 6) is -16.5. The van der Waals surface area contributed by atoms with Crippen LogP contribution in [0.5, 0.6) is 0 Å². The molecule has 1 aromatic carbocycles. The molecule has 0 saturated heterocycles. The number of carbonyl (C=O) groups excluding carboxylic acids is 2. The summed E-state index contributed by atoms with van der Waals surface area (Å²) in [5.41, 5.74) is 2.53. The van der Waals surface area contributed by atoms with Gasteiger partial charge in [0, 0.05) is 29.5 Å². The van der Waals surface area contributed by atoms with Crippen LogP contribution in [-0.4, -0.2) is 34.6 Å². The molecule has 1 aromatic rings. The predicted molar refractivity (Wildman–Crippen MR) is 78.4 cm³/mol. The fourth-order valence-corrected chi connectivity index (χ4v) is 1.62. The van der Waals surface area contributed by atoms with E-state index < -0.39 is 40.3 Å². The van der Waals surface area contributed by atoms with Gasteiger partial charge in [0.2, 0.25) is 5.78 Å². The highest BCUT2D eigenvalue weighted by Crippen LogP contribution is 2.47. The minimum atomic E-state index is -6.66. The van der Waals surface area contributed by atoms with E-state index in [0.29, 0.717) is 0 Å². The molecule has 14 heteroatoms. The summed E-state index contributed by atoms with van der Waals surface area (Å²) in [5, 5.41) is 10.5. The summed E-state index contributed by atoms with van der Waals surface area (Å²) in [7, 11) is 0. The Hall–Kier alpha value is -3.19. The largest absolute Gasteiger partial charge is 0.460 e. The van der Waals surface area contributed by atoms with Crippen LogP contribution < -0.4 is 10.9 Å². The van der Waals surface area contributed by atoms with Gasteiger partial charge in [0.15, 0.2) is 0 Å². The van der Waals surface area contributed by atoms with Crippen molar-refractivity contribution in [2.24, 2.45) is 0 Å². The molecule has 0 aromatic heterocycles. The maximum atomic E-state index is 13.2. The second-order valence-corrected chi connectivity index (χ2v) is 5.22. The molecular formula is C14H10F7N3O4. The summed E-state index contributed by atoms with van der Waals surface area (Å²) in [6.07, 6.45) is -6.90. The number of nitrogens with zero attached hydrogens (tertiary/aromatic N) is 1. The highest BCUT2D eigenvalue weighted by Gasteiger charge is 2.75. The number of non-ortho nitro benzene ring substituents is 1. The first-order valence-corrected chi connectivity index (χ1v) is 6.97. The highest BCUT2D eigenvalue weighted by atomic mass is 19.4. The van der Waals surface area contributed by atoms with Crippen LogP contribution in [0.2, 0.25) is 0 Å². The lowest BCUT2D eigenvalue weighted by Gasteiger charge is -2.26. The number of alkyl halides is 7. The molecule has 154 valence electrons. The number of benzene rings is 1. The fourth-order valence-electron chi connectivity index (χ4n) is 1.62. The molecule has 2 N–H and O–H groups in total. The van der Waals surface area contributed by atoms with E-state index in [1.807, 2.05) is 10.9 Å². The lowest BCUT2D eigenvalue weighted by atomic mass is 10.1. The first-order valence-electron chi connectivity index (χ1n) is 6.97. The summed E-state index contributed by atoms with van der Waals surface area (Å²) in [4.78, 5) is 32.6. The first-order chi connectivity index (χ1) is 12.6. The number of halogens is 7. The van der Waals surface area contributed by atoms with E-state index in [-0.39, 0.29) is 17.3 Å². The Morgan fingerprint density at radius 1 is 1.00 bits per heavy atom.